The maximum atomic E-state index is 11.3. The highest BCUT2D eigenvalue weighted by molar-refractivity contribution is 6.33. The molecule has 0 aliphatic carbocycles. The topological polar surface area (TPSA) is 395 Å². The normalized spacial score (nSPS) is 9.29. The van der Waals surface area contributed by atoms with Crippen LogP contribution in [0.4, 0.5) is 56.4 Å². The van der Waals surface area contributed by atoms with Crippen LogP contribution in [-0.4, -0.2) is 51.6 Å². The minimum atomic E-state index is -0.662. The molecule has 1 amide bonds. The van der Waals surface area contributed by atoms with Gasteiger partial charge in [-0.3, -0.25) is 35.7 Å². The van der Waals surface area contributed by atoms with Crippen LogP contribution in [0.2, 0.25) is 5.02 Å². The Balaban J connectivity index is 0. The number of phenolic OH excluding ortho intramolecular Hbond substituents is 2. The van der Waals surface area contributed by atoms with Gasteiger partial charge in [0.2, 0.25) is 29.0 Å². The number of nitrogens with two attached hydrogens (primary N) is 5. The van der Waals surface area contributed by atoms with Crippen LogP contribution in [0.3, 0.4) is 0 Å². The number of aromatic hydroxyl groups is 2. The van der Waals surface area contributed by atoms with Gasteiger partial charge in [-0.05, 0) is 87.9 Å². The van der Waals surface area contributed by atoms with E-state index in [9.17, 15) is 35.1 Å². The molecule has 4 aromatic carbocycles. The molecule has 0 radical (unpaired) electrons. The Labute approximate surface area is 458 Å². The summed E-state index contributed by atoms with van der Waals surface area (Å²) in [5.41, 5.74) is 28.0. The molecule has 7 aromatic rings. The Morgan fingerprint density at radius 3 is 1.29 bits per heavy atom. The van der Waals surface area contributed by atoms with Gasteiger partial charge in [0.25, 0.3) is 0 Å². The number of rotatable bonds is 8. The van der Waals surface area contributed by atoms with E-state index in [0.29, 0.717) is 28.6 Å². The number of benzene rings is 4. The minimum Gasteiger partial charge on any atom is -0.508 e. The quantitative estimate of drug-likeness (QED) is 0.0398. The first-order valence-electron chi connectivity index (χ1n) is 23.9. The number of anilines is 6. The van der Waals surface area contributed by atoms with E-state index in [1.54, 1.807) is 93.6 Å². The first-order valence-corrected chi connectivity index (χ1v) is 24.2. The average molecular weight is 1100 g/mol. The molecule has 7 rings (SSSR count). The van der Waals surface area contributed by atoms with Crippen molar-refractivity contribution in [1.82, 2.24) is 15.0 Å². The first kappa shape index (κ1) is 70.4. The molecule has 0 fully saturated rings. The fourth-order valence-corrected chi connectivity index (χ4v) is 5.32. The third kappa shape index (κ3) is 27.5. The molecule has 24 nitrogen and oxygen atoms in total. The molecular formula is C53H71ClN12O12. The third-order valence-electron chi connectivity index (χ3n) is 7.95. The van der Waals surface area contributed by atoms with Crippen molar-refractivity contribution < 1.29 is 44.0 Å². The van der Waals surface area contributed by atoms with Crippen molar-refractivity contribution in [3.05, 3.63) is 175 Å². The summed E-state index contributed by atoms with van der Waals surface area (Å²) < 4.78 is 15.9. The Bertz CT molecular complexity index is 2780. The Kier molecular flexibility index (Phi) is 34.2. The lowest BCUT2D eigenvalue weighted by Gasteiger charge is -2.19. The van der Waals surface area contributed by atoms with E-state index in [1.165, 1.54) is 55.0 Å². The molecule has 0 spiro atoms. The van der Waals surface area contributed by atoms with Gasteiger partial charge in [0.15, 0.2) is 0 Å². The Morgan fingerprint density at radius 2 is 0.936 bits per heavy atom. The van der Waals surface area contributed by atoms with Crippen LogP contribution in [0.1, 0.15) is 81.7 Å². The number of amides is 1. The summed E-state index contributed by atoms with van der Waals surface area (Å²) in [6.07, 6.45) is 3.48. The predicted molar refractivity (Wildman–Crippen MR) is 309 cm³/mol. The van der Waals surface area contributed by atoms with Crippen molar-refractivity contribution in [2.75, 3.05) is 34.0 Å². The molecule has 0 saturated carbocycles. The Morgan fingerprint density at radius 1 is 0.551 bits per heavy atom. The average Bonchev–Trinajstić information content (AvgIpc) is 3.36. The summed E-state index contributed by atoms with van der Waals surface area (Å²) in [6, 6.07) is 30.7. The number of aryl methyl sites for hydroxylation is 1. The summed E-state index contributed by atoms with van der Waals surface area (Å²) in [6.45, 7) is 23.3. The molecule has 78 heavy (non-hydrogen) atoms. The molecule has 0 aliphatic heterocycles. The molecule has 13 N–H and O–H groups in total. The van der Waals surface area contributed by atoms with Gasteiger partial charge in [0.05, 0.1) is 14.8 Å². The Hall–Kier alpha value is -9.71. The number of phenols is 2. The van der Waals surface area contributed by atoms with Crippen LogP contribution in [0.25, 0.3) is 0 Å². The number of nitrogen functional groups attached to an aromatic ring is 5. The van der Waals surface area contributed by atoms with Gasteiger partial charge in [-0.2, -0.15) is 0 Å². The molecule has 0 bridgehead atoms. The first-order chi connectivity index (χ1) is 36.9. The highest BCUT2D eigenvalue weighted by atomic mass is 35.5. The number of nitrogens with zero attached hydrogens (tertiary/aromatic N) is 6. The summed E-state index contributed by atoms with van der Waals surface area (Å²) in [7, 11) is 0. The van der Waals surface area contributed by atoms with Crippen molar-refractivity contribution in [1.29, 1.82) is 0 Å². The molecule has 0 aliphatic rings. The number of hydrogen-bond acceptors (Lipinski definition) is 20. The molecular weight excluding hydrogens is 1030 g/mol. The lowest BCUT2D eigenvalue weighted by Crippen LogP contribution is -2.27. The van der Waals surface area contributed by atoms with E-state index in [-0.39, 0.29) is 62.5 Å². The fourth-order valence-electron chi connectivity index (χ4n) is 5.10. The van der Waals surface area contributed by atoms with Crippen molar-refractivity contribution in [2.45, 2.75) is 88.7 Å². The molecule has 3 heterocycles. The SMILES string of the molecule is CC.CC.CC.CC.CC(C)(C)OC(=O)Nc1cccc(O)c1.Cc1cccc(Oc2ccnc(N)c2[N+](=O)[O-])c1.Nc1cccc(O)c1.Nc1cccc(Oc2ccnc(N)c2[N+](=O)[O-])c1.Nc1nccc(Cl)c1[N+](=O)[O-]. The van der Waals surface area contributed by atoms with Gasteiger partial charge in [0.1, 0.15) is 33.6 Å². The highest BCUT2D eigenvalue weighted by Gasteiger charge is 2.23. The van der Waals surface area contributed by atoms with E-state index in [4.69, 9.17) is 64.7 Å². The zero-order valence-corrected chi connectivity index (χ0v) is 46.4. The number of pyridine rings is 3. The second kappa shape index (κ2) is 37.9. The number of nitro groups is 3. The van der Waals surface area contributed by atoms with Crippen molar-refractivity contribution in [3.8, 4) is 34.5 Å². The highest BCUT2D eigenvalue weighted by Crippen LogP contribution is 2.36. The van der Waals surface area contributed by atoms with Crippen molar-refractivity contribution in [3.63, 3.8) is 0 Å². The van der Waals surface area contributed by atoms with Crippen LogP contribution in [-0.2, 0) is 4.74 Å². The van der Waals surface area contributed by atoms with Crippen LogP contribution >= 0.6 is 11.6 Å². The number of halogens is 1. The van der Waals surface area contributed by atoms with Gasteiger partial charge in [0, 0.05) is 66.0 Å². The molecule has 25 heteroatoms. The van der Waals surface area contributed by atoms with E-state index >= 15 is 0 Å². The second-order valence-corrected chi connectivity index (χ2v) is 15.2. The van der Waals surface area contributed by atoms with E-state index in [0.717, 1.165) is 5.56 Å². The molecule has 0 saturated heterocycles. The summed E-state index contributed by atoms with van der Waals surface area (Å²) in [4.78, 5) is 52.3. The van der Waals surface area contributed by atoms with E-state index in [1.807, 2.05) is 68.4 Å². The molecule has 0 atom stereocenters. The zero-order chi connectivity index (χ0) is 60.1. The standard InChI is InChI=1S/C12H11N3O3.C11H10N4O3.C11H15NO3.C6H7NO.C5H4ClN3O2.4C2H6/c1-8-3-2-4-9(7-8)18-10-5-6-14-12(13)11(10)15(16)17;12-7-2-1-3-8(6-7)18-9-4-5-14-11(13)10(9)15(16)17;1-11(2,3)15-10(14)12-8-5-4-6-9(13)7-8;7-5-2-1-3-6(8)4-5;6-3-1-2-8-5(7)4(3)9(10)11;4*1-2/h2-7H,1H3,(H2,13,14);1-6H,12H2,(H2,13,14);4-7,13H,1-3H3,(H,12,14);1-4,8H,7H2;1-2H,(H2,7,8);4*1-2H3. The maximum Gasteiger partial charge on any atom is 0.412 e. The van der Waals surface area contributed by atoms with Crippen LogP contribution in [0.5, 0.6) is 34.5 Å². The number of aromatic nitrogens is 3. The van der Waals surface area contributed by atoms with Gasteiger partial charge < -0.3 is 53.1 Å². The van der Waals surface area contributed by atoms with Crippen LogP contribution < -0.4 is 43.5 Å². The second-order valence-electron chi connectivity index (χ2n) is 14.7. The van der Waals surface area contributed by atoms with E-state index < -0.39 is 26.5 Å². The van der Waals surface area contributed by atoms with Crippen LogP contribution in [0, 0.1) is 37.3 Å². The van der Waals surface area contributed by atoms with Crippen molar-refractivity contribution >= 4 is 69.3 Å². The third-order valence-corrected chi connectivity index (χ3v) is 8.25. The van der Waals surface area contributed by atoms with Gasteiger partial charge in [-0.1, -0.05) is 97.3 Å². The van der Waals surface area contributed by atoms with Gasteiger partial charge >= 0.3 is 23.2 Å². The summed E-state index contributed by atoms with van der Waals surface area (Å²) in [5.74, 6) is 0.811. The van der Waals surface area contributed by atoms with Gasteiger partial charge in [-0.15, -0.1) is 0 Å². The largest absolute Gasteiger partial charge is 0.508 e. The van der Waals surface area contributed by atoms with Gasteiger partial charge in [-0.25, -0.2) is 19.7 Å². The summed E-state index contributed by atoms with van der Waals surface area (Å²) >= 11 is 5.46. The number of carbonyl (C=O) groups excluding carboxylic acids is 1. The lowest BCUT2D eigenvalue weighted by molar-refractivity contribution is -0.385. The van der Waals surface area contributed by atoms with Crippen molar-refractivity contribution in [2.24, 2.45) is 0 Å². The molecule has 3 aromatic heterocycles. The number of ether oxygens (including phenoxy) is 3. The number of hydrogen-bond donors (Lipinski definition) is 8. The van der Waals surface area contributed by atoms with Crippen LogP contribution in [0.15, 0.2) is 134 Å². The van der Waals surface area contributed by atoms with E-state index in [2.05, 4.69) is 20.3 Å². The monoisotopic (exact) mass is 1100 g/mol. The zero-order valence-electron chi connectivity index (χ0n) is 45.6. The smallest absolute Gasteiger partial charge is 0.412 e. The lowest BCUT2D eigenvalue weighted by atomic mass is 10.2. The maximum absolute atomic E-state index is 11.3. The predicted octanol–water partition coefficient (Wildman–Crippen LogP) is 13.7. The minimum absolute atomic E-state index is 0.00231. The molecule has 422 valence electrons. The number of carbonyl (C=O) groups is 1. The summed E-state index contributed by atoms with van der Waals surface area (Å²) in [5, 5.41) is 52.4. The molecule has 0 unspecified atom stereocenters. The number of nitrogens with one attached hydrogen (secondary N) is 1. The fraction of sp³-hybridized carbons (Fsp3) is 0.245.